The van der Waals surface area contributed by atoms with E-state index in [4.69, 9.17) is 12.2 Å². The largest absolute Gasteiger partial charge is 0.358 e. The summed E-state index contributed by atoms with van der Waals surface area (Å²) in [5.74, 6) is 1.56. The predicted molar refractivity (Wildman–Crippen MR) is 89.3 cm³/mol. The lowest BCUT2D eigenvalue weighted by molar-refractivity contribution is 0.482. The number of fused-ring (bicyclic) bond motifs is 1. The van der Waals surface area contributed by atoms with E-state index < -0.39 is 0 Å². The van der Waals surface area contributed by atoms with Crippen LogP contribution in [0.2, 0.25) is 0 Å². The van der Waals surface area contributed by atoms with Gasteiger partial charge in [-0.05, 0) is 33.8 Å². The fraction of sp³-hybridized carbons (Fsp3) is 0.500. The van der Waals surface area contributed by atoms with Crippen molar-refractivity contribution >= 4 is 34.1 Å². The molecule has 0 aliphatic rings. The average Bonchev–Trinajstić information content (AvgIpc) is 2.81. The van der Waals surface area contributed by atoms with Crippen LogP contribution in [-0.2, 0) is 5.75 Å². The summed E-state index contributed by atoms with van der Waals surface area (Å²) in [4.78, 5) is 11.2. The molecule has 0 radical (unpaired) electrons. The molecule has 0 N–H and O–H groups in total. The van der Waals surface area contributed by atoms with E-state index in [0.29, 0.717) is 0 Å². The Morgan fingerprint density at radius 2 is 2.00 bits per heavy atom. The molecule has 0 atom stereocenters. The smallest absolute Gasteiger partial charge is 0.234 e. The number of hydrogen-bond acceptors (Lipinski definition) is 4. The lowest BCUT2D eigenvalue weighted by atomic mass is 10.3. The molecule has 0 unspecified atom stereocenters. The molecule has 2 aromatic rings. The second kappa shape index (κ2) is 6.54. The van der Waals surface area contributed by atoms with Crippen molar-refractivity contribution in [3.63, 3.8) is 0 Å². The molecule has 0 bridgehead atoms. The molecule has 0 aliphatic carbocycles. The maximum Gasteiger partial charge on any atom is 0.234 e. The highest BCUT2D eigenvalue weighted by Crippen LogP contribution is 2.17. The quantitative estimate of drug-likeness (QED) is 0.810. The van der Waals surface area contributed by atoms with E-state index >= 15 is 0 Å². The molecule has 0 aromatic carbocycles. The van der Waals surface area contributed by atoms with Crippen molar-refractivity contribution in [2.24, 2.45) is 0 Å². The van der Waals surface area contributed by atoms with Crippen molar-refractivity contribution < 1.29 is 0 Å². The molecule has 2 rings (SSSR count). The Hall–Kier alpha value is -1.14. The van der Waals surface area contributed by atoms with E-state index in [0.717, 1.165) is 46.0 Å². The Bertz CT molecular complexity index is 617. The minimum absolute atomic E-state index is 0.770. The maximum absolute atomic E-state index is 5.44. The van der Waals surface area contributed by atoms with Crippen LogP contribution in [0.3, 0.4) is 0 Å². The molecule has 108 valence electrons. The monoisotopic (exact) mass is 308 g/mol. The van der Waals surface area contributed by atoms with E-state index in [1.54, 1.807) is 11.8 Å². The second-order valence-electron chi connectivity index (χ2n) is 4.67. The zero-order chi connectivity index (χ0) is 14.7. The second-order valence-corrected chi connectivity index (χ2v) is 6.28. The molecule has 0 saturated heterocycles. The summed E-state index contributed by atoms with van der Waals surface area (Å²) in [5, 5.41) is 0. The highest BCUT2D eigenvalue weighted by atomic mass is 32.2. The minimum Gasteiger partial charge on any atom is -0.358 e. The highest BCUT2D eigenvalue weighted by Gasteiger charge is 2.09. The Morgan fingerprint density at radius 3 is 2.65 bits per heavy atom. The van der Waals surface area contributed by atoms with E-state index in [1.165, 1.54) is 0 Å². The summed E-state index contributed by atoms with van der Waals surface area (Å²) in [6.07, 6.45) is 2.05. The lowest BCUT2D eigenvalue weighted by Gasteiger charge is -2.20. The third-order valence-electron chi connectivity index (χ3n) is 3.18. The fourth-order valence-electron chi connectivity index (χ4n) is 2.10. The Labute approximate surface area is 129 Å². The van der Waals surface area contributed by atoms with Gasteiger partial charge in [0, 0.05) is 36.4 Å². The van der Waals surface area contributed by atoms with Gasteiger partial charge in [-0.3, -0.25) is 4.40 Å². The molecule has 4 nitrogen and oxygen atoms in total. The van der Waals surface area contributed by atoms with Crippen LogP contribution in [0.1, 0.15) is 30.9 Å². The van der Waals surface area contributed by atoms with Gasteiger partial charge in [-0.15, -0.1) is 0 Å². The van der Waals surface area contributed by atoms with Gasteiger partial charge >= 0.3 is 0 Å². The van der Waals surface area contributed by atoms with Gasteiger partial charge in [0.05, 0.1) is 5.69 Å². The number of imidazole rings is 1. The van der Waals surface area contributed by atoms with Crippen molar-refractivity contribution in [1.29, 1.82) is 0 Å². The number of aromatic nitrogens is 3. The van der Waals surface area contributed by atoms with Crippen LogP contribution in [0.4, 0.5) is 0 Å². The van der Waals surface area contributed by atoms with Crippen LogP contribution in [0.5, 0.6) is 0 Å². The molecular formula is C14H20N4S2. The number of nitrogens with zero attached hydrogens (tertiary/aromatic N) is 4. The van der Waals surface area contributed by atoms with Crippen LogP contribution in [-0.4, -0.2) is 36.7 Å². The number of thiocarbonyl (C=S) groups is 1. The molecule has 2 heterocycles. The first-order chi connectivity index (χ1) is 9.55. The summed E-state index contributed by atoms with van der Waals surface area (Å²) in [6.45, 7) is 10.2. The zero-order valence-electron chi connectivity index (χ0n) is 12.4. The van der Waals surface area contributed by atoms with E-state index in [2.05, 4.69) is 47.9 Å². The van der Waals surface area contributed by atoms with Gasteiger partial charge in [0.15, 0.2) is 0 Å². The van der Waals surface area contributed by atoms with Gasteiger partial charge in [0.25, 0.3) is 0 Å². The molecule has 20 heavy (non-hydrogen) atoms. The number of thioether (sulfide) groups is 1. The molecule has 0 amide bonds. The highest BCUT2D eigenvalue weighted by molar-refractivity contribution is 8.22. The van der Waals surface area contributed by atoms with Gasteiger partial charge in [-0.2, -0.15) is 0 Å². The first kappa shape index (κ1) is 15.3. The summed E-state index contributed by atoms with van der Waals surface area (Å²) < 4.78 is 2.97. The Balaban J connectivity index is 2.11. The molecule has 6 heteroatoms. The molecular weight excluding hydrogens is 288 g/mol. The summed E-state index contributed by atoms with van der Waals surface area (Å²) in [7, 11) is 0. The van der Waals surface area contributed by atoms with Crippen molar-refractivity contribution in [3.8, 4) is 0 Å². The summed E-state index contributed by atoms with van der Waals surface area (Å²) in [6, 6.07) is 2.06. The van der Waals surface area contributed by atoms with E-state index in [1.807, 2.05) is 11.3 Å². The van der Waals surface area contributed by atoms with E-state index in [9.17, 15) is 0 Å². The summed E-state index contributed by atoms with van der Waals surface area (Å²) in [5.41, 5.74) is 3.17. The molecule has 0 spiro atoms. The first-order valence-corrected chi connectivity index (χ1v) is 8.18. The SMILES string of the molecule is CCN(CC)C(=S)SCc1cn2c(C)cc(C)nc2n1. The van der Waals surface area contributed by atoms with Crippen molar-refractivity contribution in [2.45, 2.75) is 33.4 Å². The maximum atomic E-state index is 5.44. The van der Waals surface area contributed by atoms with Crippen molar-refractivity contribution in [3.05, 3.63) is 29.3 Å². The van der Waals surface area contributed by atoms with Crippen LogP contribution < -0.4 is 0 Å². The van der Waals surface area contributed by atoms with Crippen LogP contribution in [0.15, 0.2) is 12.3 Å². The van der Waals surface area contributed by atoms with Crippen molar-refractivity contribution in [1.82, 2.24) is 19.3 Å². The standard InChI is InChI=1S/C14H20N4S2/c1-5-17(6-2)14(19)20-9-12-8-18-11(4)7-10(3)15-13(18)16-12/h7-8H,5-6,9H2,1-4H3. The third-order valence-corrected chi connectivity index (χ3v) is 4.73. The Kier molecular flexibility index (Phi) is 4.99. The molecule has 2 aromatic heterocycles. The molecule has 0 fully saturated rings. The average molecular weight is 308 g/mol. The minimum atomic E-state index is 0.770. The number of rotatable bonds is 4. The number of aryl methyl sites for hydroxylation is 2. The van der Waals surface area contributed by atoms with Gasteiger partial charge in [-0.25, -0.2) is 9.97 Å². The normalized spacial score (nSPS) is 11.0. The van der Waals surface area contributed by atoms with Gasteiger partial charge in [0.1, 0.15) is 4.32 Å². The van der Waals surface area contributed by atoms with Gasteiger partial charge in [-0.1, -0.05) is 24.0 Å². The van der Waals surface area contributed by atoms with Crippen LogP contribution >= 0.6 is 24.0 Å². The fourth-order valence-corrected chi connectivity index (χ4v) is 3.38. The topological polar surface area (TPSA) is 33.4 Å². The van der Waals surface area contributed by atoms with Gasteiger partial charge < -0.3 is 4.90 Å². The van der Waals surface area contributed by atoms with Gasteiger partial charge in [0.2, 0.25) is 5.78 Å². The van der Waals surface area contributed by atoms with Crippen LogP contribution in [0.25, 0.3) is 5.78 Å². The zero-order valence-corrected chi connectivity index (χ0v) is 14.0. The first-order valence-electron chi connectivity index (χ1n) is 6.79. The van der Waals surface area contributed by atoms with E-state index in [-0.39, 0.29) is 0 Å². The van der Waals surface area contributed by atoms with Crippen molar-refractivity contribution in [2.75, 3.05) is 13.1 Å². The number of hydrogen-bond donors (Lipinski definition) is 0. The molecule has 0 saturated carbocycles. The third kappa shape index (κ3) is 3.30. The predicted octanol–water partition coefficient (Wildman–Crippen LogP) is 3.21. The van der Waals surface area contributed by atoms with Crippen LogP contribution in [0, 0.1) is 13.8 Å². The lowest BCUT2D eigenvalue weighted by Crippen LogP contribution is -2.26. The Morgan fingerprint density at radius 1 is 1.30 bits per heavy atom. The summed E-state index contributed by atoms with van der Waals surface area (Å²) >= 11 is 7.10. The molecule has 0 aliphatic heterocycles.